The van der Waals surface area contributed by atoms with Crippen LogP contribution in [-0.2, 0) is 10.0 Å². The van der Waals surface area contributed by atoms with Gasteiger partial charge in [0.05, 0.1) is 5.69 Å². The van der Waals surface area contributed by atoms with Gasteiger partial charge in [-0.05, 0) is 37.3 Å². The minimum atomic E-state index is -3.91. The van der Waals surface area contributed by atoms with Gasteiger partial charge < -0.3 is 5.73 Å². The van der Waals surface area contributed by atoms with E-state index in [0.717, 1.165) is 12.5 Å². The molecule has 1 aromatic carbocycles. The van der Waals surface area contributed by atoms with E-state index in [-0.39, 0.29) is 23.6 Å². The first-order valence-electron chi connectivity index (χ1n) is 6.81. The summed E-state index contributed by atoms with van der Waals surface area (Å²) in [6.07, 6.45) is 0.972. The summed E-state index contributed by atoms with van der Waals surface area (Å²) in [5, 5.41) is 0. The van der Waals surface area contributed by atoms with Gasteiger partial charge in [0, 0.05) is 12.6 Å². The van der Waals surface area contributed by atoms with Crippen LogP contribution in [0.2, 0.25) is 0 Å². The SMILES string of the molecule is CC1CC(C)C(C)N(S(=O)(=O)c2c(N)cccc2F)C1. The monoisotopic (exact) mass is 300 g/mol. The summed E-state index contributed by atoms with van der Waals surface area (Å²) in [7, 11) is -3.91. The van der Waals surface area contributed by atoms with Gasteiger partial charge in [-0.15, -0.1) is 0 Å². The van der Waals surface area contributed by atoms with Gasteiger partial charge in [0.1, 0.15) is 10.7 Å². The lowest BCUT2D eigenvalue weighted by Gasteiger charge is -2.40. The summed E-state index contributed by atoms with van der Waals surface area (Å²) in [4.78, 5) is -0.395. The van der Waals surface area contributed by atoms with Crippen LogP contribution in [0.4, 0.5) is 10.1 Å². The zero-order chi connectivity index (χ0) is 15.1. The molecule has 0 amide bonds. The molecule has 2 rings (SSSR count). The standard InChI is InChI=1S/C14H21FN2O2S/c1-9-7-10(2)11(3)17(8-9)20(18,19)14-12(15)5-4-6-13(14)16/h4-6,9-11H,7-8,16H2,1-3H3. The minimum absolute atomic E-state index is 0.0388. The lowest BCUT2D eigenvalue weighted by Crippen LogP contribution is -2.49. The van der Waals surface area contributed by atoms with Crippen molar-refractivity contribution in [3.63, 3.8) is 0 Å². The molecular formula is C14H21FN2O2S. The van der Waals surface area contributed by atoms with Crippen LogP contribution in [0.1, 0.15) is 27.2 Å². The van der Waals surface area contributed by atoms with Crippen LogP contribution in [0.15, 0.2) is 23.1 Å². The number of hydrogen-bond acceptors (Lipinski definition) is 3. The first-order valence-corrected chi connectivity index (χ1v) is 8.25. The van der Waals surface area contributed by atoms with E-state index in [2.05, 4.69) is 0 Å². The summed E-state index contributed by atoms with van der Waals surface area (Å²) in [5.41, 5.74) is 5.64. The van der Waals surface area contributed by atoms with Crippen molar-refractivity contribution in [3.8, 4) is 0 Å². The summed E-state index contributed by atoms with van der Waals surface area (Å²) >= 11 is 0. The van der Waals surface area contributed by atoms with Gasteiger partial charge in [-0.2, -0.15) is 4.31 Å². The van der Waals surface area contributed by atoms with Crippen molar-refractivity contribution in [2.75, 3.05) is 12.3 Å². The normalized spacial score (nSPS) is 28.5. The maximum Gasteiger partial charge on any atom is 0.248 e. The van der Waals surface area contributed by atoms with Crippen molar-refractivity contribution in [2.45, 2.75) is 38.1 Å². The van der Waals surface area contributed by atoms with Crippen molar-refractivity contribution in [3.05, 3.63) is 24.0 Å². The second-order valence-corrected chi connectivity index (χ2v) is 7.62. The topological polar surface area (TPSA) is 63.4 Å². The van der Waals surface area contributed by atoms with Crippen LogP contribution in [0.3, 0.4) is 0 Å². The van der Waals surface area contributed by atoms with E-state index >= 15 is 0 Å². The highest BCUT2D eigenvalue weighted by Crippen LogP contribution is 2.34. The highest BCUT2D eigenvalue weighted by Gasteiger charge is 2.39. The molecule has 1 fully saturated rings. The molecule has 1 aromatic rings. The highest BCUT2D eigenvalue weighted by atomic mass is 32.2. The highest BCUT2D eigenvalue weighted by molar-refractivity contribution is 7.89. The number of piperidine rings is 1. The average Bonchev–Trinajstić information content (AvgIpc) is 2.33. The van der Waals surface area contributed by atoms with Gasteiger partial charge in [0.15, 0.2) is 0 Å². The molecule has 1 aliphatic heterocycles. The number of benzene rings is 1. The molecule has 1 aliphatic rings. The third-order valence-electron chi connectivity index (χ3n) is 4.11. The van der Waals surface area contributed by atoms with E-state index in [1.807, 2.05) is 20.8 Å². The molecule has 2 N–H and O–H groups in total. The smallest absolute Gasteiger partial charge is 0.248 e. The minimum Gasteiger partial charge on any atom is -0.398 e. The molecule has 0 aliphatic carbocycles. The predicted molar refractivity (Wildman–Crippen MR) is 77.1 cm³/mol. The molecule has 0 radical (unpaired) electrons. The number of rotatable bonds is 2. The van der Waals surface area contributed by atoms with E-state index in [0.29, 0.717) is 6.54 Å². The van der Waals surface area contributed by atoms with E-state index in [4.69, 9.17) is 5.73 Å². The number of nitrogens with zero attached hydrogens (tertiary/aromatic N) is 1. The van der Waals surface area contributed by atoms with Gasteiger partial charge in [-0.3, -0.25) is 0 Å². The first-order chi connectivity index (χ1) is 9.25. The molecule has 0 spiro atoms. The fraction of sp³-hybridized carbons (Fsp3) is 0.571. The van der Waals surface area contributed by atoms with Gasteiger partial charge in [-0.1, -0.05) is 19.9 Å². The lowest BCUT2D eigenvalue weighted by atomic mass is 9.88. The van der Waals surface area contributed by atoms with Gasteiger partial charge in [-0.25, -0.2) is 12.8 Å². The van der Waals surface area contributed by atoms with Crippen molar-refractivity contribution >= 4 is 15.7 Å². The number of halogens is 1. The number of sulfonamides is 1. The Labute approximate surface area is 119 Å². The van der Waals surface area contributed by atoms with Gasteiger partial charge in [0.2, 0.25) is 10.0 Å². The lowest BCUT2D eigenvalue weighted by molar-refractivity contribution is 0.157. The Hall–Kier alpha value is -1.14. The summed E-state index contributed by atoms with van der Waals surface area (Å²) in [6, 6.07) is 3.80. The molecule has 3 unspecified atom stereocenters. The molecule has 3 atom stereocenters. The van der Waals surface area contributed by atoms with Crippen LogP contribution in [0, 0.1) is 17.7 Å². The van der Waals surface area contributed by atoms with Crippen LogP contribution in [0.25, 0.3) is 0 Å². The molecule has 1 saturated heterocycles. The molecular weight excluding hydrogens is 279 g/mol. The van der Waals surface area contributed by atoms with Gasteiger partial charge in [0.25, 0.3) is 0 Å². The Morgan fingerprint density at radius 2 is 1.95 bits per heavy atom. The van der Waals surface area contributed by atoms with Crippen LogP contribution in [-0.4, -0.2) is 25.3 Å². The Morgan fingerprint density at radius 3 is 2.55 bits per heavy atom. The number of nitrogen functional groups attached to an aromatic ring is 1. The summed E-state index contributed by atoms with van der Waals surface area (Å²) < 4.78 is 40.8. The average molecular weight is 300 g/mol. The molecule has 20 heavy (non-hydrogen) atoms. The molecule has 0 bridgehead atoms. The zero-order valence-corrected chi connectivity index (χ0v) is 12.8. The van der Waals surface area contributed by atoms with Crippen molar-refractivity contribution < 1.29 is 12.8 Å². The van der Waals surface area contributed by atoms with E-state index in [9.17, 15) is 12.8 Å². The Bertz CT molecular complexity index is 583. The zero-order valence-electron chi connectivity index (χ0n) is 12.0. The third kappa shape index (κ3) is 2.54. The maximum absolute atomic E-state index is 13.9. The Kier molecular flexibility index (Phi) is 4.07. The van der Waals surface area contributed by atoms with Crippen molar-refractivity contribution in [1.82, 2.24) is 4.31 Å². The quantitative estimate of drug-likeness (QED) is 0.853. The number of anilines is 1. The fourth-order valence-corrected chi connectivity index (χ4v) is 4.91. The van der Waals surface area contributed by atoms with E-state index in [1.165, 1.54) is 16.4 Å². The van der Waals surface area contributed by atoms with Crippen LogP contribution < -0.4 is 5.73 Å². The molecule has 1 heterocycles. The van der Waals surface area contributed by atoms with E-state index in [1.54, 1.807) is 0 Å². The third-order valence-corrected chi connectivity index (χ3v) is 6.15. The second kappa shape index (κ2) is 5.33. The molecule has 4 nitrogen and oxygen atoms in total. The molecule has 6 heteroatoms. The summed E-state index contributed by atoms with van der Waals surface area (Å²) in [5.74, 6) is -0.298. The van der Waals surface area contributed by atoms with Crippen LogP contribution >= 0.6 is 0 Å². The Balaban J connectivity index is 2.49. The predicted octanol–water partition coefficient (Wildman–Crippen LogP) is 2.46. The van der Waals surface area contributed by atoms with Crippen molar-refractivity contribution in [2.24, 2.45) is 11.8 Å². The molecule has 0 saturated carbocycles. The van der Waals surface area contributed by atoms with Crippen molar-refractivity contribution in [1.29, 1.82) is 0 Å². The summed E-state index contributed by atoms with van der Waals surface area (Å²) in [6.45, 7) is 6.30. The second-order valence-electron chi connectivity index (χ2n) is 5.79. The van der Waals surface area contributed by atoms with Gasteiger partial charge >= 0.3 is 0 Å². The molecule has 112 valence electrons. The number of nitrogens with two attached hydrogens (primary N) is 1. The fourth-order valence-electron chi connectivity index (χ4n) is 2.90. The maximum atomic E-state index is 13.9. The number of hydrogen-bond donors (Lipinski definition) is 1. The molecule has 0 aromatic heterocycles. The van der Waals surface area contributed by atoms with Crippen LogP contribution in [0.5, 0.6) is 0 Å². The first kappa shape index (κ1) is 15.3. The van der Waals surface area contributed by atoms with E-state index < -0.39 is 20.7 Å². The Morgan fingerprint density at radius 1 is 1.30 bits per heavy atom. The largest absolute Gasteiger partial charge is 0.398 e.